The summed E-state index contributed by atoms with van der Waals surface area (Å²) in [6.07, 6.45) is 2.51. The zero-order valence-electron chi connectivity index (χ0n) is 7.36. The van der Waals surface area contributed by atoms with Crippen LogP contribution in [0.3, 0.4) is 0 Å². The maximum atomic E-state index is 11.8. The summed E-state index contributed by atoms with van der Waals surface area (Å²) in [5.41, 5.74) is 4.84. The summed E-state index contributed by atoms with van der Waals surface area (Å²) in [5.74, 6) is 0.110. The highest BCUT2D eigenvalue weighted by Gasteiger charge is 2.56. The van der Waals surface area contributed by atoms with Crippen molar-refractivity contribution in [2.75, 3.05) is 13.1 Å². The summed E-state index contributed by atoms with van der Waals surface area (Å²) in [6, 6.07) is 0. The van der Waals surface area contributed by atoms with Crippen molar-refractivity contribution in [1.82, 2.24) is 4.90 Å². The van der Waals surface area contributed by atoms with Gasteiger partial charge in [-0.2, -0.15) is 0 Å². The van der Waals surface area contributed by atoms with Crippen molar-refractivity contribution >= 4 is 11.7 Å². The first-order valence-electron chi connectivity index (χ1n) is 4.48. The standard InChI is InChI=1S/C8H13N3O2/c9-6(10-13)8(2-3-8)7(12)11-4-1-5-11/h13H,1-5H2,(H2,9,10). The molecule has 1 saturated heterocycles. The van der Waals surface area contributed by atoms with Gasteiger partial charge in [-0.05, 0) is 19.3 Å². The van der Waals surface area contributed by atoms with Crippen LogP contribution in [-0.2, 0) is 4.79 Å². The number of likely N-dealkylation sites (tertiary alicyclic amines) is 1. The lowest BCUT2D eigenvalue weighted by molar-refractivity contribution is -0.138. The summed E-state index contributed by atoms with van der Waals surface area (Å²) in [6.45, 7) is 1.64. The molecule has 0 bridgehead atoms. The molecule has 1 heterocycles. The number of hydrogen-bond acceptors (Lipinski definition) is 3. The Balaban J connectivity index is 2.10. The largest absolute Gasteiger partial charge is 0.409 e. The van der Waals surface area contributed by atoms with Crippen LogP contribution < -0.4 is 5.73 Å². The van der Waals surface area contributed by atoms with Gasteiger partial charge in [0.25, 0.3) is 0 Å². The molecule has 0 radical (unpaired) electrons. The summed E-state index contributed by atoms with van der Waals surface area (Å²) in [4.78, 5) is 13.5. The third-order valence-corrected chi connectivity index (χ3v) is 2.90. The Morgan fingerprint density at radius 2 is 2.08 bits per heavy atom. The molecule has 0 aromatic carbocycles. The normalized spacial score (nSPS) is 25.2. The van der Waals surface area contributed by atoms with Crippen molar-refractivity contribution in [2.24, 2.45) is 16.3 Å². The molecule has 13 heavy (non-hydrogen) atoms. The van der Waals surface area contributed by atoms with Crippen LogP contribution in [0.5, 0.6) is 0 Å². The van der Waals surface area contributed by atoms with Gasteiger partial charge >= 0.3 is 0 Å². The molecule has 0 spiro atoms. The number of carbonyl (C=O) groups excluding carboxylic acids is 1. The molecule has 2 fully saturated rings. The fourth-order valence-electron chi connectivity index (χ4n) is 1.62. The van der Waals surface area contributed by atoms with Crippen LogP contribution in [0.4, 0.5) is 0 Å². The third kappa shape index (κ3) is 1.07. The predicted octanol–water partition coefficient (Wildman–Crippen LogP) is -0.255. The van der Waals surface area contributed by atoms with Crippen molar-refractivity contribution < 1.29 is 10.0 Å². The number of oxime groups is 1. The van der Waals surface area contributed by atoms with E-state index < -0.39 is 5.41 Å². The number of rotatable bonds is 2. The van der Waals surface area contributed by atoms with Gasteiger partial charge in [-0.3, -0.25) is 4.79 Å². The lowest BCUT2D eigenvalue weighted by atomic mass is 10.0. The van der Waals surface area contributed by atoms with E-state index in [9.17, 15) is 4.79 Å². The van der Waals surface area contributed by atoms with Gasteiger partial charge in [-0.15, -0.1) is 0 Å². The minimum atomic E-state index is -0.644. The first-order valence-corrected chi connectivity index (χ1v) is 4.48. The lowest BCUT2D eigenvalue weighted by Gasteiger charge is -2.33. The minimum Gasteiger partial charge on any atom is -0.409 e. The molecule has 5 heteroatoms. The maximum Gasteiger partial charge on any atom is 0.236 e. The van der Waals surface area contributed by atoms with E-state index in [1.165, 1.54) is 0 Å². The second-order valence-electron chi connectivity index (χ2n) is 3.71. The Kier molecular flexibility index (Phi) is 1.68. The molecule has 0 aromatic rings. The fraction of sp³-hybridized carbons (Fsp3) is 0.750. The molecule has 0 atom stereocenters. The van der Waals surface area contributed by atoms with Crippen molar-refractivity contribution in [2.45, 2.75) is 19.3 Å². The van der Waals surface area contributed by atoms with Crippen LogP contribution in [-0.4, -0.2) is 34.9 Å². The average molecular weight is 183 g/mol. The predicted molar refractivity (Wildman–Crippen MR) is 46.3 cm³/mol. The van der Waals surface area contributed by atoms with Gasteiger partial charge in [0.2, 0.25) is 5.91 Å². The molecule has 2 rings (SSSR count). The van der Waals surface area contributed by atoms with E-state index in [0.717, 1.165) is 32.4 Å². The van der Waals surface area contributed by atoms with Crippen LogP contribution in [0, 0.1) is 5.41 Å². The number of hydrogen-bond donors (Lipinski definition) is 2. The quantitative estimate of drug-likeness (QED) is 0.268. The molecule has 0 aromatic heterocycles. The molecule has 1 aliphatic carbocycles. The van der Waals surface area contributed by atoms with Crippen LogP contribution in [0.15, 0.2) is 5.16 Å². The fourth-order valence-corrected chi connectivity index (χ4v) is 1.62. The highest BCUT2D eigenvalue weighted by atomic mass is 16.4. The second kappa shape index (κ2) is 2.61. The van der Waals surface area contributed by atoms with E-state index in [4.69, 9.17) is 10.9 Å². The van der Waals surface area contributed by atoms with E-state index >= 15 is 0 Å². The molecular weight excluding hydrogens is 170 g/mol. The first-order chi connectivity index (χ1) is 6.20. The van der Waals surface area contributed by atoms with Gasteiger partial charge in [-0.1, -0.05) is 5.16 Å². The van der Waals surface area contributed by atoms with Crippen LogP contribution in [0.1, 0.15) is 19.3 Å². The molecule has 2 aliphatic rings. The molecule has 0 unspecified atom stereocenters. The van der Waals surface area contributed by atoms with Gasteiger partial charge in [0, 0.05) is 13.1 Å². The van der Waals surface area contributed by atoms with Gasteiger partial charge in [-0.25, -0.2) is 0 Å². The van der Waals surface area contributed by atoms with Crippen LogP contribution in [0.2, 0.25) is 0 Å². The summed E-state index contributed by atoms with van der Waals surface area (Å²) >= 11 is 0. The molecular formula is C8H13N3O2. The van der Waals surface area contributed by atoms with Crippen molar-refractivity contribution in [3.05, 3.63) is 0 Å². The highest BCUT2D eigenvalue weighted by Crippen LogP contribution is 2.48. The van der Waals surface area contributed by atoms with Crippen molar-refractivity contribution in [3.8, 4) is 0 Å². The highest BCUT2D eigenvalue weighted by molar-refractivity contribution is 6.09. The minimum absolute atomic E-state index is 0.0362. The van der Waals surface area contributed by atoms with E-state index in [0.29, 0.717) is 0 Å². The Bertz CT molecular complexity index is 267. The van der Waals surface area contributed by atoms with E-state index in [-0.39, 0.29) is 11.7 Å². The summed E-state index contributed by atoms with van der Waals surface area (Å²) in [5, 5.41) is 11.5. The number of amides is 1. The third-order valence-electron chi connectivity index (χ3n) is 2.90. The van der Waals surface area contributed by atoms with Gasteiger partial charge < -0.3 is 15.8 Å². The van der Waals surface area contributed by atoms with E-state index in [1.807, 2.05) is 0 Å². The lowest BCUT2D eigenvalue weighted by Crippen LogP contribution is -2.49. The number of amidine groups is 1. The van der Waals surface area contributed by atoms with E-state index in [2.05, 4.69) is 5.16 Å². The monoisotopic (exact) mass is 183 g/mol. The maximum absolute atomic E-state index is 11.8. The zero-order valence-corrected chi connectivity index (χ0v) is 7.36. The van der Waals surface area contributed by atoms with Gasteiger partial charge in [0.15, 0.2) is 5.84 Å². The summed E-state index contributed by atoms with van der Waals surface area (Å²) < 4.78 is 0. The molecule has 5 nitrogen and oxygen atoms in total. The topological polar surface area (TPSA) is 78.9 Å². The Morgan fingerprint density at radius 3 is 2.38 bits per heavy atom. The molecule has 3 N–H and O–H groups in total. The number of nitrogens with zero attached hydrogens (tertiary/aromatic N) is 2. The average Bonchev–Trinajstić information content (AvgIpc) is 2.80. The molecule has 72 valence electrons. The Labute approximate surface area is 76.2 Å². The van der Waals surface area contributed by atoms with E-state index in [1.54, 1.807) is 4.90 Å². The number of nitrogens with two attached hydrogens (primary N) is 1. The van der Waals surface area contributed by atoms with Crippen LogP contribution in [0.25, 0.3) is 0 Å². The Morgan fingerprint density at radius 1 is 1.46 bits per heavy atom. The SMILES string of the molecule is N/C(=N\O)C1(C(=O)N2CCC2)CC1. The molecule has 1 amide bonds. The smallest absolute Gasteiger partial charge is 0.236 e. The second-order valence-corrected chi connectivity index (χ2v) is 3.71. The van der Waals surface area contributed by atoms with Gasteiger partial charge in [0.05, 0.1) is 0 Å². The summed E-state index contributed by atoms with van der Waals surface area (Å²) in [7, 11) is 0. The Hall–Kier alpha value is -1.26. The molecule has 1 saturated carbocycles. The van der Waals surface area contributed by atoms with Crippen molar-refractivity contribution in [1.29, 1.82) is 0 Å². The molecule has 1 aliphatic heterocycles. The number of carbonyl (C=O) groups is 1. The first kappa shape index (κ1) is 8.34. The van der Waals surface area contributed by atoms with Crippen LogP contribution >= 0.6 is 0 Å². The van der Waals surface area contributed by atoms with Gasteiger partial charge in [0.1, 0.15) is 5.41 Å². The van der Waals surface area contributed by atoms with Crippen molar-refractivity contribution in [3.63, 3.8) is 0 Å². The zero-order chi connectivity index (χ0) is 9.47.